The molecule has 1 atom stereocenters. The molecule has 7 heteroatoms. The van der Waals surface area contributed by atoms with Crippen molar-refractivity contribution in [2.24, 2.45) is 0 Å². The molecule has 0 bridgehead atoms. The minimum absolute atomic E-state index is 0.0522. The number of anilines is 1. The molecule has 6 nitrogen and oxygen atoms in total. The van der Waals surface area contributed by atoms with Crippen LogP contribution in [-0.2, 0) is 9.59 Å². The maximum absolute atomic E-state index is 13.0. The Morgan fingerprint density at radius 3 is 2.30 bits per heavy atom. The van der Waals surface area contributed by atoms with Crippen LogP contribution in [0, 0.1) is 6.92 Å². The molecule has 4 rings (SSSR count). The van der Waals surface area contributed by atoms with E-state index in [9.17, 15) is 14.7 Å². The lowest BCUT2D eigenvalue weighted by atomic mass is 9.93. The number of Topliss-reactive ketones (excluding diaryl/α,β-unsaturated/α-hetero) is 1. The normalized spacial score (nSPS) is 18.4. The van der Waals surface area contributed by atoms with Crippen molar-refractivity contribution in [3.63, 3.8) is 0 Å². The van der Waals surface area contributed by atoms with Gasteiger partial charge in [0.2, 0.25) is 5.13 Å². The van der Waals surface area contributed by atoms with Gasteiger partial charge in [0.25, 0.3) is 5.78 Å². The van der Waals surface area contributed by atoms with E-state index < -0.39 is 17.7 Å². The minimum Gasteiger partial charge on any atom is -0.507 e. The summed E-state index contributed by atoms with van der Waals surface area (Å²) in [6, 6.07) is 14.1. The first-order valence-electron chi connectivity index (χ1n) is 9.62. The van der Waals surface area contributed by atoms with Crippen molar-refractivity contribution in [2.45, 2.75) is 32.7 Å². The fourth-order valence-electron chi connectivity index (χ4n) is 3.55. The largest absolute Gasteiger partial charge is 0.507 e. The van der Waals surface area contributed by atoms with E-state index in [1.165, 1.54) is 21.7 Å². The summed E-state index contributed by atoms with van der Waals surface area (Å²) in [4.78, 5) is 27.3. The highest BCUT2D eigenvalue weighted by atomic mass is 32.1. The van der Waals surface area contributed by atoms with Gasteiger partial charge >= 0.3 is 5.91 Å². The number of carbonyl (C=O) groups is 2. The quantitative estimate of drug-likeness (QED) is 0.380. The molecule has 152 valence electrons. The van der Waals surface area contributed by atoms with Crippen LogP contribution >= 0.6 is 11.3 Å². The van der Waals surface area contributed by atoms with Crippen molar-refractivity contribution < 1.29 is 14.7 Å². The average Bonchev–Trinajstić information content (AvgIpc) is 3.35. The minimum atomic E-state index is -0.777. The zero-order valence-electron chi connectivity index (χ0n) is 16.9. The van der Waals surface area contributed by atoms with Crippen molar-refractivity contribution in [3.05, 3.63) is 81.9 Å². The van der Waals surface area contributed by atoms with Crippen molar-refractivity contribution in [1.82, 2.24) is 10.2 Å². The van der Waals surface area contributed by atoms with Crippen LogP contribution in [0.2, 0.25) is 0 Å². The maximum Gasteiger partial charge on any atom is 0.301 e. The molecule has 2 aromatic carbocycles. The SMILES string of the molecule is Cc1ccc(/C(O)=C2\C(=O)C(=O)N(c3nncs3)C2c2ccc(C(C)C)cc2)cc1. The van der Waals surface area contributed by atoms with E-state index in [4.69, 9.17) is 0 Å². The van der Waals surface area contributed by atoms with Crippen LogP contribution in [0.5, 0.6) is 0 Å². The second-order valence-corrected chi connectivity index (χ2v) is 8.39. The summed E-state index contributed by atoms with van der Waals surface area (Å²) in [5.74, 6) is -1.31. The van der Waals surface area contributed by atoms with Gasteiger partial charge < -0.3 is 5.11 Å². The first-order chi connectivity index (χ1) is 14.4. The van der Waals surface area contributed by atoms with Crippen LogP contribution < -0.4 is 4.90 Å². The number of aliphatic hydroxyl groups excluding tert-OH is 1. The van der Waals surface area contributed by atoms with Gasteiger partial charge in [-0.05, 0) is 24.0 Å². The van der Waals surface area contributed by atoms with Crippen LogP contribution in [0.4, 0.5) is 5.13 Å². The highest BCUT2D eigenvalue weighted by Gasteiger charge is 2.48. The lowest BCUT2D eigenvalue weighted by Gasteiger charge is -2.23. The number of benzene rings is 2. The van der Waals surface area contributed by atoms with Crippen LogP contribution in [-0.4, -0.2) is 27.0 Å². The summed E-state index contributed by atoms with van der Waals surface area (Å²) in [6.45, 7) is 6.13. The van der Waals surface area contributed by atoms with Gasteiger partial charge in [0.05, 0.1) is 11.6 Å². The monoisotopic (exact) mass is 419 g/mol. The van der Waals surface area contributed by atoms with Gasteiger partial charge in [0.1, 0.15) is 11.3 Å². The Labute approximate surface area is 178 Å². The summed E-state index contributed by atoms with van der Waals surface area (Å²) in [7, 11) is 0. The zero-order valence-corrected chi connectivity index (χ0v) is 17.7. The average molecular weight is 420 g/mol. The molecule has 1 amide bonds. The predicted octanol–water partition coefficient (Wildman–Crippen LogP) is 4.60. The van der Waals surface area contributed by atoms with Crippen molar-refractivity contribution in [1.29, 1.82) is 0 Å². The molecule has 1 N–H and O–H groups in total. The Morgan fingerprint density at radius 1 is 1.07 bits per heavy atom. The van der Waals surface area contributed by atoms with Gasteiger partial charge in [0.15, 0.2) is 0 Å². The molecule has 2 heterocycles. The van der Waals surface area contributed by atoms with Gasteiger partial charge in [-0.15, -0.1) is 10.2 Å². The number of nitrogens with zero attached hydrogens (tertiary/aromatic N) is 3. The standard InChI is InChI=1S/C23H21N3O3S/c1-13(2)15-8-10-16(11-9-15)19-18(20(27)17-6-4-14(3)5-7-17)21(28)22(29)26(19)23-25-24-12-30-23/h4-13,19,27H,1-3H3/b20-18+. The molecule has 0 aliphatic carbocycles. The number of hydrogen-bond acceptors (Lipinski definition) is 6. The molecule has 1 saturated heterocycles. The molecule has 3 aromatic rings. The van der Waals surface area contributed by atoms with Crippen LogP contribution in [0.15, 0.2) is 59.6 Å². The number of aryl methyl sites for hydroxylation is 1. The van der Waals surface area contributed by atoms with Crippen LogP contribution in [0.25, 0.3) is 5.76 Å². The second-order valence-electron chi connectivity index (χ2n) is 7.58. The van der Waals surface area contributed by atoms with Gasteiger partial charge in [-0.3, -0.25) is 14.5 Å². The molecule has 1 unspecified atom stereocenters. The number of carbonyl (C=O) groups excluding carboxylic acids is 2. The van der Waals surface area contributed by atoms with E-state index in [-0.39, 0.29) is 11.3 Å². The van der Waals surface area contributed by atoms with Gasteiger partial charge in [-0.2, -0.15) is 0 Å². The van der Waals surface area contributed by atoms with Crippen LogP contribution in [0.1, 0.15) is 48.1 Å². The molecule has 0 radical (unpaired) electrons. The third-order valence-corrected chi connectivity index (χ3v) is 5.93. The Morgan fingerprint density at radius 2 is 1.73 bits per heavy atom. The number of ketones is 1. The Bertz CT molecular complexity index is 1120. The molecule has 1 aliphatic heterocycles. The molecular weight excluding hydrogens is 398 g/mol. The van der Waals surface area contributed by atoms with Crippen LogP contribution in [0.3, 0.4) is 0 Å². The number of rotatable bonds is 4. The first-order valence-corrected chi connectivity index (χ1v) is 10.5. The molecule has 30 heavy (non-hydrogen) atoms. The van der Waals surface area contributed by atoms with Crippen molar-refractivity contribution in [2.75, 3.05) is 4.90 Å². The molecule has 1 aromatic heterocycles. The summed E-state index contributed by atoms with van der Waals surface area (Å²) in [5.41, 5.74) is 4.94. The van der Waals surface area contributed by atoms with E-state index in [0.717, 1.165) is 16.7 Å². The summed E-state index contributed by atoms with van der Waals surface area (Å²) in [6.07, 6.45) is 0. The molecule has 1 fully saturated rings. The predicted molar refractivity (Wildman–Crippen MR) is 116 cm³/mol. The molecule has 1 aliphatic rings. The van der Waals surface area contributed by atoms with E-state index >= 15 is 0 Å². The second kappa shape index (κ2) is 7.84. The lowest BCUT2D eigenvalue weighted by molar-refractivity contribution is -0.132. The third-order valence-electron chi connectivity index (χ3n) is 5.24. The Hall–Kier alpha value is -3.32. The van der Waals surface area contributed by atoms with Gasteiger partial charge in [-0.1, -0.05) is 79.3 Å². The summed E-state index contributed by atoms with van der Waals surface area (Å²) < 4.78 is 0. The van der Waals surface area contributed by atoms with E-state index in [0.29, 0.717) is 16.6 Å². The molecular formula is C23H21N3O3S. The third kappa shape index (κ3) is 3.41. The van der Waals surface area contributed by atoms with Crippen molar-refractivity contribution in [3.8, 4) is 0 Å². The lowest BCUT2D eigenvalue weighted by Crippen LogP contribution is -2.29. The fraction of sp³-hybridized carbons (Fsp3) is 0.217. The number of amides is 1. The van der Waals surface area contributed by atoms with E-state index in [2.05, 4.69) is 24.0 Å². The number of hydrogen-bond donors (Lipinski definition) is 1. The van der Waals surface area contributed by atoms with Gasteiger partial charge in [-0.25, -0.2) is 0 Å². The summed E-state index contributed by atoms with van der Waals surface area (Å²) >= 11 is 1.17. The fourth-order valence-corrected chi connectivity index (χ4v) is 4.13. The maximum atomic E-state index is 13.0. The Balaban J connectivity index is 1.90. The number of aromatic nitrogens is 2. The number of aliphatic hydroxyl groups is 1. The Kier molecular flexibility index (Phi) is 5.22. The highest BCUT2D eigenvalue weighted by molar-refractivity contribution is 7.13. The zero-order chi connectivity index (χ0) is 21.4. The summed E-state index contributed by atoms with van der Waals surface area (Å²) in [5, 5.41) is 19.2. The highest BCUT2D eigenvalue weighted by Crippen LogP contribution is 2.42. The van der Waals surface area contributed by atoms with Crippen molar-refractivity contribution >= 4 is 33.9 Å². The molecule has 0 saturated carbocycles. The smallest absolute Gasteiger partial charge is 0.301 e. The van der Waals surface area contributed by atoms with E-state index in [1.807, 2.05) is 43.3 Å². The van der Waals surface area contributed by atoms with Gasteiger partial charge in [0, 0.05) is 5.56 Å². The topological polar surface area (TPSA) is 83.4 Å². The first kappa shape index (κ1) is 20.0. The van der Waals surface area contributed by atoms with E-state index in [1.54, 1.807) is 12.1 Å². The molecule has 0 spiro atoms.